The number of nitrogens with zero attached hydrogens (tertiary/aromatic N) is 1. The number of nitrogens with one attached hydrogen (secondary N) is 1. The Morgan fingerprint density at radius 1 is 1.29 bits per heavy atom. The highest BCUT2D eigenvalue weighted by Crippen LogP contribution is 2.04. The first kappa shape index (κ1) is 19.2. The summed E-state index contributed by atoms with van der Waals surface area (Å²) in [4.78, 5) is 35.8. The van der Waals surface area contributed by atoms with E-state index in [9.17, 15) is 14.4 Å². The van der Waals surface area contributed by atoms with E-state index in [1.165, 1.54) is 19.1 Å². The van der Waals surface area contributed by atoms with E-state index in [2.05, 4.69) is 10.1 Å². The molecule has 8 heteroatoms. The number of esters is 1. The maximum atomic E-state index is 12.1. The number of hydrogen-bond donors (Lipinski definition) is 2. The molecule has 0 saturated heterocycles. The van der Waals surface area contributed by atoms with Crippen molar-refractivity contribution in [2.24, 2.45) is 0 Å². The first-order chi connectivity index (χ1) is 9.87. The first-order valence-electron chi connectivity index (χ1n) is 6.73. The van der Waals surface area contributed by atoms with Gasteiger partial charge in [0.25, 0.3) is 0 Å². The van der Waals surface area contributed by atoms with E-state index < -0.39 is 24.0 Å². The Labute approximate surface area is 124 Å². The lowest BCUT2D eigenvalue weighted by Crippen LogP contribution is -2.51. The van der Waals surface area contributed by atoms with Crippen molar-refractivity contribution < 1.29 is 29.0 Å². The minimum atomic E-state index is -1.19. The third-order valence-corrected chi connectivity index (χ3v) is 3.00. The third kappa shape index (κ3) is 6.94. The second kappa shape index (κ2) is 9.98. The van der Waals surface area contributed by atoms with E-state index in [1.54, 1.807) is 13.8 Å². The van der Waals surface area contributed by atoms with E-state index >= 15 is 0 Å². The number of carboxylic acid groups (broad SMARTS) is 1. The quantitative estimate of drug-likeness (QED) is 0.600. The van der Waals surface area contributed by atoms with Crippen molar-refractivity contribution in [1.82, 2.24) is 10.2 Å². The smallest absolute Gasteiger partial charge is 0.326 e. The Hall–Kier alpha value is -1.83. The number of carbonyl (C=O) groups excluding carboxylic acids is 2. The average molecular weight is 304 g/mol. The van der Waals surface area contributed by atoms with Gasteiger partial charge in [0.2, 0.25) is 0 Å². The molecule has 0 aromatic carbocycles. The normalized spacial score (nSPS) is 13.1. The van der Waals surface area contributed by atoms with Crippen LogP contribution >= 0.6 is 0 Å². The molecule has 2 N–H and O–H groups in total. The molecule has 0 bridgehead atoms. The zero-order valence-electron chi connectivity index (χ0n) is 12.9. The minimum absolute atomic E-state index is 0.0238. The van der Waals surface area contributed by atoms with Crippen molar-refractivity contribution >= 4 is 18.0 Å². The highest BCUT2D eigenvalue weighted by Gasteiger charge is 2.25. The molecular weight excluding hydrogens is 280 g/mol. The topological polar surface area (TPSA) is 105 Å². The molecular formula is C13H24N2O6. The van der Waals surface area contributed by atoms with Gasteiger partial charge in [0.1, 0.15) is 6.04 Å². The molecule has 1 unspecified atom stereocenters. The van der Waals surface area contributed by atoms with Gasteiger partial charge in [0, 0.05) is 20.1 Å². The molecule has 2 amide bonds. The number of amides is 2. The van der Waals surface area contributed by atoms with Gasteiger partial charge in [-0.2, -0.15) is 0 Å². The van der Waals surface area contributed by atoms with Crippen molar-refractivity contribution in [2.75, 3.05) is 27.4 Å². The van der Waals surface area contributed by atoms with Gasteiger partial charge in [-0.15, -0.1) is 0 Å². The van der Waals surface area contributed by atoms with Crippen LogP contribution in [-0.4, -0.2) is 67.4 Å². The molecule has 21 heavy (non-hydrogen) atoms. The zero-order chi connectivity index (χ0) is 16.4. The van der Waals surface area contributed by atoms with E-state index in [-0.39, 0.29) is 18.9 Å². The van der Waals surface area contributed by atoms with Gasteiger partial charge >= 0.3 is 18.0 Å². The van der Waals surface area contributed by atoms with Crippen LogP contribution in [0.4, 0.5) is 4.79 Å². The van der Waals surface area contributed by atoms with Crippen molar-refractivity contribution in [2.45, 2.75) is 38.8 Å². The largest absolute Gasteiger partial charge is 0.480 e. The summed E-state index contributed by atoms with van der Waals surface area (Å²) in [6.45, 7) is 4.35. The predicted molar refractivity (Wildman–Crippen MR) is 74.9 cm³/mol. The Balaban J connectivity index is 4.64. The highest BCUT2D eigenvalue weighted by atomic mass is 16.5. The summed E-state index contributed by atoms with van der Waals surface area (Å²) in [7, 11) is 2.75. The summed E-state index contributed by atoms with van der Waals surface area (Å²) in [5.74, 6) is -1.71. The second-order valence-corrected chi connectivity index (χ2v) is 4.55. The van der Waals surface area contributed by atoms with Gasteiger partial charge in [0.05, 0.1) is 19.8 Å². The lowest BCUT2D eigenvalue weighted by Gasteiger charge is -2.29. The fourth-order valence-electron chi connectivity index (χ4n) is 1.84. The molecule has 0 saturated carbocycles. The minimum Gasteiger partial charge on any atom is -0.480 e. The number of carbonyl (C=O) groups is 3. The molecule has 0 aliphatic carbocycles. The molecule has 8 nitrogen and oxygen atoms in total. The second-order valence-electron chi connectivity index (χ2n) is 4.55. The van der Waals surface area contributed by atoms with Crippen LogP contribution in [0.2, 0.25) is 0 Å². The fraction of sp³-hybridized carbons (Fsp3) is 0.769. The lowest BCUT2D eigenvalue weighted by molar-refractivity contribution is -0.142. The molecule has 0 aliphatic heterocycles. The number of aliphatic carboxylic acids is 1. The van der Waals surface area contributed by atoms with Crippen LogP contribution in [0.25, 0.3) is 0 Å². The summed E-state index contributed by atoms with van der Waals surface area (Å²) in [6, 6.07) is -1.82. The monoisotopic (exact) mass is 304 g/mol. The summed E-state index contributed by atoms with van der Waals surface area (Å²) < 4.78 is 9.44. The molecule has 122 valence electrons. The summed E-state index contributed by atoms with van der Waals surface area (Å²) in [5, 5.41) is 11.5. The lowest BCUT2D eigenvalue weighted by atomic mass is 10.1. The molecule has 0 heterocycles. The maximum Gasteiger partial charge on any atom is 0.326 e. The van der Waals surface area contributed by atoms with Crippen LogP contribution in [-0.2, 0) is 19.1 Å². The Bertz CT molecular complexity index is 361. The third-order valence-electron chi connectivity index (χ3n) is 3.00. The summed E-state index contributed by atoms with van der Waals surface area (Å²) in [6.07, 6.45) is -0.0997. The zero-order valence-corrected chi connectivity index (χ0v) is 12.9. The number of likely N-dealkylation sites (N-methyl/N-ethyl adjacent to an activating group) is 1. The molecule has 0 radical (unpaired) electrons. The van der Waals surface area contributed by atoms with Crippen LogP contribution in [0.3, 0.4) is 0 Å². The SMILES string of the molecule is CCN(C(=O)N[C@@H](CCC(=O)OC)C(=O)O)C(C)COC. The van der Waals surface area contributed by atoms with Crippen molar-refractivity contribution in [3.8, 4) is 0 Å². The van der Waals surface area contributed by atoms with Gasteiger partial charge in [-0.05, 0) is 20.3 Å². The molecule has 0 aliphatic rings. The van der Waals surface area contributed by atoms with Gasteiger partial charge in [-0.1, -0.05) is 0 Å². The molecule has 2 atom stereocenters. The van der Waals surface area contributed by atoms with Crippen LogP contribution in [0, 0.1) is 0 Å². The number of methoxy groups -OCH3 is 2. The summed E-state index contributed by atoms with van der Waals surface area (Å²) >= 11 is 0. The Morgan fingerprint density at radius 3 is 2.33 bits per heavy atom. The predicted octanol–water partition coefficient (Wildman–Crippen LogP) is 0.459. The van der Waals surface area contributed by atoms with E-state index in [0.717, 1.165) is 0 Å². The molecule has 0 spiro atoms. The highest BCUT2D eigenvalue weighted by molar-refractivity contribution is 5.83. The van der Waals surface area contributed by atoms with Gasteiger partial charge in [-0.3, -0.25) is 4.79 Å². The Kier molecular flexibility index (Phi) is 9.11. The maximum absolute atomic E-state index is 12.1. The van der Waals surface area contributed by atoms with Gasteiger partial charge in [-0.25, -0.2) is 9.59 Å². The van der Waals surface area contributed by atoms with E-state index in [0.29, 0.717) is 13.2 Å². The molecule has 0 rings (SSSR count). The number of urea groups is 1. The van der Waals surface area contributed by atoms with Crippen LogP contribution in [0.1, 0.15) is 26.7 Å². The van der Waals surface area contributed by atoms with E-state index in [1.807, 2.05) is 0 Å². The molecule has 0 fully saturated rings. The van der Waals surface area contributed by atoms with Gasteiger partial charge in [0.15, 0.2) is 0 Å². The number of rotatable bonds is 9. The van der Waals surface area contributed by atoms with Crippen molar-refractivity contribution in [1.29, 1.82) is 0 Å². The molecule has 0 aromatic rings. The van der Waals surface area contributed by atoms with Crippen LogP contribution in [0.5, 0.6) is 0 Å². The van der Waals surface area contributed by atoms with Crippen LogP contribution in [0.15, 0.2) is 0 Å². The van der Waals surface area contributed by atoms with Crippen molar-refractivity contribution in [3.05, 3.63) is 0 Å². The number of ether oxygens (including phenoxy) is 2. The van der Waals surface area contributed by atoms with Crippen molar-refractivity contribution in [3.63, 3.8) is 0 Å². The van der Waals surface area contributed by atoms with Crippen LogP contribution < -0.4 is 5.32 Å². The fourth-order valence-corrected chi connectivity index (χ4v) is 1.84. The standard InChI is InChI=1S/C13H24N2O6/c1-5-15(9(2)8-20-3)13(19)14-10(12(17)18)6-7-11(16)21-4/h9-10H,5-8H2,1-4H3,(H,14,19)(H,17,18)/t9?,10-/m0/s1. The first-order valence-corrected chi connectivity index (χ1v) is 6.73. The Morgan fingerprint density at radius 2 is 1.90 bits per heavy atom. The van der Waals surface area contributed by atoms with Gasteiger partial charge < -0.3 is 24.8 Å². The van der Waals surface area contributed by atoms with E-state index in [4.69, 9.17) is 9.84 Å². The summed E-state index contributed by atoms with van der Waals surface area (Å²) in [5.41, 5.74) is 0. The average Bonchev–Trinajstić information content (AvgIpc) is 2.43. The number of carboxylic acids is 1. The number of hydrogen-bond acceptors (Lipinski definition) is 5. The molecule has 0 aromatic heterocycles.